The zero-order valence-electron chi connectivity index (χ0n) is 20.0. The maximum atomic E-state index is 13.6. The molecule has 0 saturated carbocycles. The van der Waals surface area contributed by atoms with Crippen LogP contribution < -0.4 is 10.2 Å². The number of hydrogen-bond acceptors (Lipinski definition) is 4. The van der Waals surface area contributed by atoms with E-state index in [9.17, 15) is 14.0 Å². The molecule has 7 heteroatoms. The highest BCUT2D eigenvalue weighted by Crippen LogP contribution is 2.42. The molecule has 1 aliphatic heterocycles. The van der Waals surface area contributed by atoms with E-state index in [1.54, 1.807) is 24.3 Å². The molecule has 0 bridgehead atoms. The maximum Gasteiger partial charge on any atom is 0.242 e. The fourth-order valence-electron chi connectivity index (χ4n) is 4.64. The number of amides is 1. The molecule has 1 aliphatic rings. The summed E-state index contributed by atoms with van der Waals surface area (Å²) >= 11 is 7.48. The van der Waals surface area contributed by atoms with E-state index in [-0.39, 0.29) is 23.9 Å². The number of thioether (sulfide) groups is 1. The summed E-state index contributed by atoms with van der Waals surface area (Å²) in [6.07, 6.45) is 0.0919. The van der Waals surface area contributed by atoms with E-state index in [1.807, 2.05) is 78.7 Å². The molecular formula is C30H24ClFN2O2S. The van der Waals surface area contributed by atoms with Gasteiger partial charge in [0.15, 0.2) is 5.78 Å². The molecule has 1 N–H and O–H groups in total. The van der Waals surface area contributed by atoms with Crippen LogP contribution >= 0.6 is 23.4 Å². The van der Waals surface area contributed by atoms with E-state index >= 15 is 0 Å². The summed E-state index contributed by atoms with van der Waals surface area (Å²) in [6, 6.07) is 30.7. The quantitative estimate of drug-likeness (QED) is 0.280. The Bertz CT molecular complexity index is 1430. The molecule has 0 aliphatic carbocycles. The van der Waals surface area contributed by atoms with Gasteiger partial charge in [0.1, 0.15) is 11.1 Å². The molecule has 186 valence electrons. The number of anilines is 2. The van der Waals surface area contributed by atoms with E-state index in [0.29, 0.717) is 9.92 Å². The number of piperidine rings is 1. The summed E-state index contributed by atoms with van der Waals surface area (Å²) in [7, 11) is 1.89. The van der Waals surface area contributed by atoms with Gasteiger partial charge >= 0.3 is 0 Å². The highest BCUT2D eigenvalue weighted by Gasteiger charge is 2.47. The summed E-state index contributed by atoms with van der Waals surface area (Å²) in [5.41, 5.74) is 2.22. The monoisotopic (exact) mass is 530 g/mol. The minimum Gasteiger partial charge on any atom is -0.345 e. The van der Waals surface area contributed by atoms with Crippen molar-refractivity contribution in [3.8, 4) is 0 Å². The van der Waals surface area contributed by atoms with E-state index in [2.05, 4.69) is 5.32 Å². The summed E-state index contributed by atoms with van der Waals surface area (Å²) in [5, 5.41) is 2.81. The summed E-state index contributed by atoms with van der Waals surface area (Å²) in [4.78, 5) is 29.7. The fraction of sp³-hybridized carbons (Fsp3) is 0.133. The van der Waals surface area contributed by atoms with E-state index < -0.39 is 10.8 Å². The van der Waals surface area contributed by atoms with Crippen molar-refractivity contribution in [3.05, 3.63) is 125 Å². The lowest BCUT2D eigenvalue weighted by Crippen LogP contribution is -2.58. The molecule has 0 aromatic heterocycles. The minimum atomic E-state index is -1.04. The van der Waals surface area contributed by atoms with Gasteiger partial charge in [0.2, 0.25) is 5.91 Å². The lowest BCUT2D eigenvalue weighted by Gasteiger charge is -2.41. The highest BCUT2D eigenvalue weighted by atomic mass is 35.5. The van der Waals surface area contributed by atoms with Gasteiger partial charge in [0.25, 0.3) is 0 Å². The van der Waals surface area contributed by atoms with Crippen LogP contribution in [0, 0.1) is 5.82 Å². The Kier molecular flexibility index (Phi) is 7.04. The number of hydrogen-bond donors (Lipinski definition) is 1. The van der Waals surface area contributed by atoms with Crippen molar-refractivity contribution >= 4 is 46.4 Å². The Hall–Kier alpha value is -3.61. The molecule has 37 heavy (non-hydrogen) atoms. The smallest absolute Gasteiger partial charge is 0.242 e. The second kappa shape index (κ2) is 10.4. The Morgan fingerprint density at radius 2 is 1.54 bits per heavy atom. The van der Waals surface area contributed by atoms with Gasteiger partial charge in [0.05, 0.1) is 10.6 Å². The Labute approximate surface area is 224 Å². The van der Waals surface area contributed by atoms with Crippen LogP contribution in [0.1, 0.15) is 17.5 Å². The summed E-state index contributed by atoms with van der Waals surface area (Å²) < 4.78 is 13.5. The second-order valence-electron chi connectivity index (χ2n) is 8.92. The number of nitrogens with zero attached hydrogens (tertiary/aromatic N) is 1. The van der Waals surface area contributed by atoms with Crippen LogP contribution in [0.5, 0.6) is 0 Å². The molecular weight excluding hydrogens is 507 g/mol. The average molecular weight is 531 g/mol. The van der Waals surface area contributed by atoms with Crippen LogP contribution in [-0.4, -0.2) is 24.0 Å². The molecule has 0 spiro atoms. The first-order valence-corrected chi connectivity index (χ1v) is 13.0. The molecule has 4 aromatic rings. The third-order valence-electron chi connectivity index (χ3n) is 6.59. The van der Waals surface area contributed by atoms with Gasteiger partial charge in [-0.25, -0.2) is 4.39 Å². The first kappa shape index (κ1) is 25.1. The van der Waals surface area contributed by atoms with Crippen LogP contribution in [0.2, 0.25) is 5.02 Å². The van der Waals surface area contributed by atoms with Crippen molar-refractivity contribution in [2.45, 2.75) is 22.1 Å². The number of benzene rings is 4. The largest absolute Gasteiger partial charge is 0.345 e. The SMILES string of the molecule is CN(c1ccc(F)cc1)c1cccc(C2(c3ccccc3)CC(=O)C(Sc3ccccc3Cl)C(=O)N2)c1. The predicted molar refractivity (Wildman–Crippen MR) is 147 cm³/mol. The van der Waals surface area contributed by atoms with Crippen molar-refractivity contribution in [1.82, 2.24) is 5.32 Å². The van der Waals surface area contributed by atoms with E-state index in [1.165, 1.54) is 23.9 Å². The summed E-state index contributed by atoms with van der Waals surface area (Å²) in [5.74, 6) is -0.835. The number of nitrogens with one attached hydrogen (secondary N) is 1. The molecule has 4 nitrogen and oxygen atoms in total. The Morgan fingerprint density at radius 1 is 0.865 bits per heavy atom. The van der Waals surface area contributed by atoms with Crippen LogP contribution in [0.25, 0.3) is 0 Å². The zero-order chi connectivity index (χ0) is 26.0. The average Bonchev–Trinajstić information content (AvgIpc) is 2.92. The third-order valence-corrected chi connectivity index (χ3v) is 8.36. The van der Waals surface area contributed by atoms with Crippen molar-refractivity contribution < 1.29 is 14.0 Å². The normalized spacial score (nSPS) is 19.4. The predicted octanol–water partition coefficient (Wildman–Crippen LogP) is 6.74. The molecule has 5 rings (SSSR count). The lowest BCUT2D eigenvalue weighted by atomic mass is 9.76. The van der Waals surface area contributed by atoms with Gasteiger partial charge in [-0.15, -0.1) is 11.8 Å². The molecule has 1 fully saturated rings. The molecule has 1 heterocycles. The van der Waals surface area contributed by atoms with E-state index in [0.717, 1.165) is 22.5 Å². The number of rotatable bonds is 6. The third kappa shape index (κ3) is 4.99. The highest BCUT2D eigenvalue weighted by molar-refractivity contribution is 8.01. The Balaban J connectivity index is 1.53. The van der Waals surface area contributed by atoms with Crippen LogP contribution in [-0.2, 0) is 15.1 Å². The molecule has 1 amide bonds. The Morgan fingerprint density at radius 3 is 2.24 bits per heavy atom. The summed E-state index contributed by atoms with van der Waals surface area (Å²) in [6.45, 7) is 0. The zero-order valence-corrected chi connectivity index (χ0v) is 21.6. The van der Waals surface area contributed by atoms with Crippen LogP contribution in [0.3, 0.4) is 0 Å². The topological polar surface area (TPSA) is 49.4 Å². The van der Waals surface area contributed by atoms with Gasteiger partial charge in [-0.1, -0.05) is 66.2 Å². The number of ketones is 1. The molecule has 4 aromatic carbocycles. The molecule has 2 unspecified atom stereocenters. The van der Waals surface area contributed by atoms with Gasteiger partial charge < -0.3 is 10.2 Å². The van der Waals surface area contributed by atoms with Crippen molar-refractivity contribution in [2.24, 2.45) is 0 Å². The standard InChI is InChI=1S/C30H24ClFN2O2S/c1-34(23-16-14-22(32)15-17-23)24-11-7-10-21(18-24)30(20-8-3-2-4-9-20)19-26(35)28(29(36)33-30)37-27-13-6-5-12-25(27)31/h2-18,28H,19H2,1H3,(H,33,36). The van der Waals surface area contributed by atoms with Gasteiger partial charge in [0, 0.05) is 29.7 Å². The maximum absolute atomic E-state index is 13.6. The molecule has 2 atom stereocenters. The number of carbonyl (C=O) groups excluding carboxylic acids is 2. The number of Topliss-reactive ketones (excluding diaryl/α,β-unsaturated/α-hetero) is 1. The first-order valence-electron chi connectivity index (χ1n) is 11.8. The molecule has 1 saturated heterocycles. The second-order valence-corrected chi connectivity index (χ2v) is 10.5. The van der Waals surface area contributed by atoms with Gasteiger partial charge in [-0.05, 0) is 59.7 Å². The van der Waals surface area contributed by atoms with Gasteiger partial charge in [-0.2, -0.15) is 0 Å². The van der Waals surface area contributed by atoms with Crippen molar-refractivity contribution in [1.29, 1.82) is 0 Å². The van der Waals surface area contributed by atoms with E-state index in [4.69, 9.17) is 11.6 Å². The number of carbonyl (C=O) groups is 2. The number of halogens is 2. The van der Waals surface area contributed by atoms with Crippen LogP contribution in [0.15, 0.2) is 108 Å². The minimum absolute atomic E-state index is 0.0919. The van der Waals surface area contributed by atoms with Crippen molar-refractivity contribution in [2.75, 3.05) is 11.9 Å². The van der Waals surface area contributed by atoms with Gasteiger partial charge in [-0.3, -0.25) is 9.59 Å². The van der Waals surface area contributed by atoms with Crippen LogP contribution in [0.4, 0.5) is 15.8 Å². The van der Waals surface area contributed by atoms with Crippen molar-refractivity contribution in [3.63, 3.8) is 0 Å². The first-order chi connectivity index (χ1) is 17.9. The fourth-order valence-corrected chi connectivity index (χ4v) is 5.88. The molecule has 0 radical (unpaired) electrons. The lowest BCUT2D eigenvalue weighted by molar-refractivity contribution is -0.132.